The number of hydrogen-bond acceptors (Lipinski definition) is 3. The molecule has 1 atom stereocenters. The molecule has 1 aliphatic heterocycles. The van der Waals surface area contributed by atoms with Crippen molar-refractivity contribution in [2.75, 3.05) is 38.1 Å². The van der Waals surface area contributed by atoms with Crippen molar-refractivity contribution in [1.82, 2.24) is 4.90 Å². The van der Waals surface area contributed by atoms with E-state index in [2.05, 4.69) is 4.90 Å². The summed E-state index contributed by atoms with van der Waals surface area (Å²) in [4.78, 5) is 17.9. The number of carbonyl (C=O) groups is 1. The van der Waals surface area contributed by atoms with Crippen LogP contribution in [0.2, 0.25) is 0 Å². The topological polar surface area (TPSA) is 48.2 Å². The van der Waals surface area contributed by atoms with Crippen LogP contribution in [-0.2, 0) is 11.3 Å². The van der Waals surface area contributed by atoms with Crippen LogP contribution in [-0.4, -0.2) is 55.2 Å². The third-order valence-electron chi connectivity index (χ3n) is 5.30. The van der Waals surface area contributed by atoms with Gasteiger partial charge in [-0.3, -0.25) is 4.79 Å². The van der Waals surface area contributed by atoms with Gasteiger partial charge >= 0.3 is 0 Å². The predicted molar refractivity (Wildman–Crippen MR) is 103 cm³/mol. The predicted octanol–water partition coefficient (Wildman–Crippen LogP) is 1.28. The van der Waals surface area contributed by atoms with E-state index in [1.165, 1.54) is 17.0 Å². The fourth-order valence-corrected chi connectivity index (χ4v) is 3.69. The average molecular weight is 372 g/mol. The second-order valence-electron chi connectivity index (χ2n) is 7.18. The van der Waals surface area contributed by atoms with Gasteiger partial charge in [0, 0.05) is 13.6 Å². The van der Waals surface area contributed by atoms with Crippen LogP contribution in [0.1, 0.15) is 12.5 Å². The van der Waals surface area contributed by atoms with Crippen molar-refractivity contribution in [3.8, 4) is 5.75 Å². The SMILES string of the molecule is C[C@@H](C(=O)N(C)Cc1cccc(F)c1)[NH+]1CCN(c2ccccc2O)CC1. The minimum absolute atomic E-state index is 0.0604. The molecule has 2 N–H and O–H groups in total. The first-order valence-corrected chi connectivity index (χ1v) is 9.32. The Morgan fingerprint density at radius 2 is 1.93 bits per heavy atom. The number of rotatable bonds is 5. The molecule has 5 nitrogen and oxygen atoms in total. The van der Waals surface area contributed by atoms with Gasteiger partial charge in [0.1, 0.15) is 11.6 Å². The van der Waals surface area contributed by atoms with E-state index in [0.29, 0.717) is 12.3 Å². The minimum atomic E-state index is -0.285. The smallest absolute Gasteiger partial charge is 0.280 e. The fourth-order valence-electron chi connectivity index (χ4n) is 3.69. The van der Waals surface area contributed by atoms with E-state index in [0.717, 1.165) is 37.4 Å². The van der Waals surface area contributed by atoms with Gasteiger partial charge in [0.25, 0.3) is 5.91 Å². The van der Waals surface area contributed by atoms with E-state index < -0.39 is 0 Å². The zero-order valence-electron chi connectivity index (χ0n) is 15.9. The van der Waals surface area contributed by atoms with Crippen molar-refractivity contribution < 1.29 is 19.2 Å². The van der Waals surface area contributed by atoms with Gasteiger partial charge in [-0.05, 0) is 36.8 Å². The van der Waals surface area contributed by atoms with Crippen LogP contribution in [0.5, 0.6) is 5.75 Å². The Morgan fingerprint density at radius 3 is 2.59 bits per heavy atom. The maximum Gasteiger partial charge on any atom is 0.280 e. The highest BCUT2D eigenvalue weighted by atomic mass is 19.1. The summed E-state index contributed by atoms with van der Waals surface area (Å²) in [5.41, 5.74) is 1.64. The Labute approximate surface area is 159 Å². The van der Waals surface area contributed by atoms with Gasteiger partial charge in [0.15, 0.2) is 6.04 Å². The van der Waals surface area contributed by atoms with Crippen molar-refractivity contribution in [2.45, 2.75) is 19.5 Å². The van der Waals surface area contributed by atoms with Crippen molar-refractivity contribution in [1.29, 1.82) is 0 Å². The molecule has 3 rings (SSSR count). The summed E-state index contributed by atoms with van der Waals surface area (Å²) in [5, 5.41) is 10.0. The van der Waals surface area contributed by atoms with Crippen LogP contribution in [0.15, 0.2) is 48.5 Å². The summed E-state index contributed by atoms with van der Waals surface area (Å²) < 4.78 is 13.3. The molecule has 1 amide bonds. The number of benzene rings is 2. The molecule has 0 aliphatic carbocycles. The van der Waals surface area contributed by atoms with Gasteiger partial charge in [-0.1, -0.05) is 24.3 Å². The van der Waals surface area contributed by atoms with Gasteiger partial charge < -0.3 is 19.8 Å². The number of halogens is 1. The number of carbonyl (C=O) groups excluding carboxylic acids is 1. The van der Waals surface area contributed by atoms with Crippen LogP contribution in [0.4, 0.5) is 10.1 Å². The molecule has 0 bridgehead atoms. The highest BCUT2D eigenvalue weighted by molar-refractivity contribution is 5.79. The van der Waals surface area contributed by atoms with Gasteiger partial charge in [0.05, 0.1) is 31.9 Å². The molecule has 0 saturated carbocycles. The second kappa shape index (κ2) is 8.39. The zero-order chi connectivity index (χ0) is 19.4. The lowest BCUT2D eigenvalue weighted by molar-refractivity contribution is -0.915. The minimum Gasteiger partial charge on any atom is -0.506 e. The highest BCUT2D eigenvalue weighted by Crippen LogP contribution is 2.26. The van der Waals surface area contributed by atoms with Gasteiger partial charge in [-0.2, -0.15) is 0 Å². The van der Waals surface area contributed by atoms with Crippen LogP contribution in [0.25, 0.3) is 0 Å². The summed E-state index contributed by atoms with van der Waals surface area (Å²) in [6.45, 7) is 5.59. The molecule has 1 heterocycles. The number of hydrogen-bond donors (Lipinski definition) is 2. The Bertz CT molecular complexity index is 791. The van der Waals surface area contributed by atoms with Crippen molar-refractivity contribution in [3.05, 3.63) is 59.9 Å². The van der Waals surface area contributed by atoms with Gasteiger partial charge in [-0.15, -0.1) is 0 Å². The quantitative estimate of drug-likeness (QED) is 0.831. The summed E-state index contributed by atoms with van der Waals surface area (Å²) in [7, 11) is 1.77. The molecule has 144 valence electrons. The monoisotopic (exact) mass is 372 g/mol. The number of amides is 1. The van der Waals surface area contributed by atoms with Crippen molar-refractivity contribution >= 4 is 11.6 Å². The number of phenols is 1. The number of quaternary nitrogens is 1. The maximum atomic E-state index is 13.3. The number of para-hydroxylation sites is 2. The molecule has 0 spiro atoms. The molecule has 0 aromatic heterocycles. The first-order chi connectivity index (χ1) is 13.0. The molecule has 0 unspecified atom stereocenters. The zero-order valence-corrected chi connectivity index (χ0v) is 15.9. The fraction of sp³-hybridized carbons (Fsp3) is 0.381. The molecular weight excluding hydrogens is 345 g/mol. The van der Waals surface area contributed by atoms with Gasteiger partial charge in [0.2, 0.25) is 0 Å². The third kappa shape index (κ3) is 4.57. The van der Waals surface area contributed by atoms with E-state index in [4.69, 9.17) is 0 Å². The van der Waals surface area contributed by atoms with E-state index >= 15 is 0 Å². The maximum absolute atomic E-state index is 13.3. The largest absolute Gasteiger partial charge is 0.506 e. The lowest BCUT2D eigenvalue weighted by atomic mass is 10.1. The van der Waals surface area contributed by atoms with Crippen LogP contribution >= 0.6 is 0 Å². The number of phenolic OH excluding ortho intramolecular Hbond substituents is 1. The highest BCUT2D eigenvalue weighted by Gasteiger charge is 2.31. The summed E-state index contributed by atoms with van der Waals surface area (Å²) >= 11 is 0. The lowest BCUT2D eigenvalue weighted by Crippen LogP contribution is -3.19. The number of piperazine rings is 1. The molecule has 27 heavy (non-hydrogen) atoms. The molecule has 2 aromatic carbocycles. The first-order valence-electron chi connectivity index (χ1n) is 9.32. The first kappa shape index (κ1) is 19.2. The summed E-state index contributed by atoms with van der Waals surface area (Å²) in [6, 6.07) is 13.6. The summed E-state index contributed by atoms with van der Waals surface area (Å²) in [5.74, 6) is 0.0671. The molecule has 2 aromatic rings. The van der Waals surface area contributed by atoms with E-state index in [1.54, 1.807) is 24.1 Å². The number of likely N-dealkylation sites (N-methyl/N-ethyl adjacent to an activating group) is 1. The molecular formula is C21H27FN3O2+. The standard InChI is InChI=1S/C21H26FN3O2/c1-16(21(27)23(2)15-17-6-5-7-18(22)14-17)24-10-12-25(13-11-24)19-8-3-4-9-20(19)26/h3-9,14,16,26H,10-13,15H2,1-2H3/p+1/t16-/m0/s1. The molecule has 1 fully saturated rings. The Morgan fingerprint density at radius 1 is 1.22 bits per heavy atom. The van der Waals surface area contributed by atoms with Crippen molar-refractivity contribution in [3.63, 3.8) is 0 Å². The third-order valence-corrected chi connectivity index (χ3v) is 5.30. The van der Waals surface area contributed by atoms with E-state index in [9.17, 15) is 14.3 Å². The Kier molecular flexibility index (Phi) is 5.96. The van der Waals surface area contributed by atoms with Crippen LogP contribution in [0, 0.1) is 5.82 Å². The van der Waals surface area contributed by atoms with Crippen LogP contribution < -0.4 is 9.80 Å². The molecule has 1 aliphatic rings. The second-order valence-corrected chi connectivity index (χ2v) is 7.18. The van der Waals surface area contributed by atoms with E-state index in [1.807, 2.05) is 31.2 Å². The number of nitrogens with zero attached hydrogens (tertiary/aromatic N) is 2. The Hall–Kier alpha value is -2.60. The number of anilines is 1. The van der Waals surface area contributed by atoms with E-state index in [-0.39, 0.29) is 17.8 Å². The summed E-state index contributed by atoms with van der Waals surface area (Å²) in [6.07, 6.45) is 0. The lowest BCUT2D eigenvalue weighted by Gasteiger charge is -2.37. The van der Waals surface area contributed by atoms with Gasteiger partial charge in [-0.25, -0.2) is 4.39 Å². The normalized spacial score (nSPS) is 16.2. The number of nitrogens with one attached hydrogen (secondary N) is 1. The molecule has 0 radical (unpaired) electrons. The average Bonchev–Trinajstić information content (AvgIpc) is 2.67. The van der Waals surface area contributed by atoms with Crippen molar-refractivity contribution in [2.24, 2.45) is 0 Å². The molecule has 1 saturated heterocycles. The number of aromatic hydroxyl groups is 1. The Balaban J connectivity index is 1.56. The molecule has 6 heteroatoms. The van der Waals surface area contributed by atoms with Crippen LogP contribution in [0.3, 0.4) is 0 Å².